The van der Waals surface area contributed by atoms with E-state index in [-0.39, 0.29) is 5.91 Å². The Morgan fingerprint density at radius 2 is 2.12 bits per heavy atom. The maximum atomic E-state index is 13.0. The van der Waals surface area contributed by atoms with Gasteiger partial charge < -0.3 is 14.5 Å². The van der Waals surface area contributed by atoms with E-state index in [0.717, 1.165) is 34.3 Å². The number of fused-ring (bicyclic) bond motifs is 6. The molecule has 5 nitrogen and oxygen atoms in total. The summed E-state index contributed by atoms with van der Waals surface area (Å²) in [5.74, 6) is 1.07. The van der Waals surface area contributed by atoms with E-state index in [4.69, 9.17) is 32.7 Å². The molecule has 5 rings (SSSR count). The largest absolute Gasteiger partial charge is 0.497 e. The van der Waals surface area contributed by atoms with Crippen molar-refractivity contribution in [1.82, 2.24) is 9.88 Å². The molecule has 1 unspecified atom stereocenters. The monoisotopic (exact) mass is 388 g/mol. The SMILES string of the molecule is COc1ccc2[nH]c3c(c2c1)CCN1C(=O)c2c(Cl)cc(Cl)cc2OC31. The van der Waals surface area contributed by atoms with Crippen LogP contribution in [-0.2, 0) is 6.42 Å². The Morgan fingerprint density at radius 3 is 2.92 bits per heavy atom. The van der Waals surface area contributed by atoms with Gasteiger partial charge in [0, 0.05) is 22.5 Å². The molecule has 2 aliphatic heterocycles. The number of halogens is 2. The second-order valence-corrected chi connectivity index (χ2v) is 7.25. The number of ether oxygens (including phenoxy) is 2. The Morgan fingerprint density at radius 1 is 1.27 bits per heavy atom. The van der Waals surface area contributed by atoms with E-state index in [1.54, 1.807) is 24.1 Å². The van der Waals surface area contributed by atoms with Crippen LogP contribution in [0.5, 0.6) is 11.5 Å². The Hall–Kier alpha value is -2.37. The fourth-order valence-corrected chi connectivity index (χ4v) is 4.36. The van der Waals surface area contributed by atoms with Crippen molar-refractivity contribution in [3.8, 4) is 11.5 Å². The molecule has 0 aliphatic carbocycles. The van der Waals surface area contributed by atoms with Crippen LogP contribution in [0.25, 0.3) is 10.9 Å². The quantitative estimate of drug-likeness (QED) is 0.663. The summed E-state index contributed by atoms with van der Waals surface area (Å²) >= 11 is 12.3. The number of H-pyrrole nitrogens is 1. The Balaban J connectivity index is 1.67. The van der Waals surface area contributed by atoms with Crippen LogP contribution in [0.4, 0.5) is 0 Å². The van der Waals surface area contributed by atoms with Crippen LogP contribution < -0.4 is 9.47 Å². The molecule has 132 valence electrons. The maximum Gasteiger partial charge on any atom is 0.262 e. The van der Waals surface area contributed by atoms with Gasteiger partial charge in [0.15, 0.2) is 0 Å². The molecule has 0 saturated heterocycles. The minimum Gasteiger partial charge on any atom is -0.497 e. The lowest BCUT2D eigenvalue weighted by Crippen LogP contribution is -2.45. The van der Waals surface area contributed by atoms with Crippen LogP contribution >= 0.6 is 23.2 Å². The van der Waals surface area contributed by atoms with Crippen molar-refractivity contribution in [2.75, 3.05) is 13.7 Å². The lowest BCUT2D eigenvalue weighted by atomic mass is 9.99. The van der Waals surface area contributed by atoms with Crippen LogP contribution in [0.15, 0.2) is 30.3 Å². The Bertz CT molecular complexity index is 1080. The topological polar surface area (TPSA) is 54.6 Å². The highest BCUT2D eigenvalue weighted by molar-refractivity contribution is 6.37. The Labute approximate surface area is 159 Å². The smallest absolute Gasteiger partial charge is 0.262 e. The van der Waals surface area contributed by atoms with Gasteiger partial charge in [-0.25, -0.2) is 0 Å². The predicted molar refractivity (Wildman–Crippen MR) is 99.4 cm³/mol. The molecule has 2 aliphatic rings. The highest BCUT2D eigenvalue weighted by Crippen LogP contribution is 2.44. The van der Waals surface area contributed by atoms with E-state index >= 15 is 0 Å². The number of hydrogen-bond donors (Lipinski definition) is 1. The van der Waals surface area contributed by atoms with E-state index in [2.05, 4.69) is 4.98 Å². The normalized spacial score (nSPS) is 18.2. The molecular formula is C19H14Cl2N2O3. The van der Waals surface area contributed by atoms with Gasteiger partial charge in [-0.15, -0.1) is 0 Å². The zero-order chi connectivity index (χ0) is 18.0. The number of hydrogen-bond acceptors (Lipinski definition) is 3. The summed E-state index contributed by atoms with van der Waals surface area (Å²) in [6.45, 7) is 0.555. The van der Waals surface area contributed by atoms with Gasteiger partial charge in [-0.1, -0.05) is 23.2 Å². The number of methoxy groups -OCH3 is 1. The number of aromatic amines is 1. The zero-order valence-electron chi connectivity index (χ0n) is 13.8. The molecular weight excluding hydrogens is 375 g/mol. The van der Waals surface area contributed by atoms with Gasteiger partial charge in [0.05, 0.1) is 17.8 Å². The van der Waals surface area contributed by atoms with Crippen molar-refractivity contribution in [3.63, 3.8) is 0 Å². The molecule has 0 radical (unpaired) electrons. The fraction of sp³-hybridized carbons (Fsp3) is 0.211. The van der Waals surface area contributed by atoms with Crippen LogP contribution in [-0.4, -0.2) is 29.4 Å². The molecule has 3 aromatic rings. The molecule has 1 amide bonds. The second-order valence-electron chi connectivity index (χ2n) is 6.41. The van der Waals surface area contributed by atoms with Crippen molar-refractivity contribution in [2.45, 2.75) is 12.6 Å². The van der Waals surface area contributed by atoms with E-state index in [1.165, 1.54) is 0 Å². The van der Waals surface area contributed by atoms with Crippen LogP contribution in [0, 0.1) is 0 Å². The van der Waals surface area contributed by atoms with Gasteiger partial charge in [-0.05, 0) is 42.3 Å². The number of carbonyl (C=O) groups is 1. The summed E-state index contributed by atoms with van der Waals surface area (Å²) in [5.41, 5.74) is 3.39. The molecule has 1 atom stereocenters. The molecule has 0 saturated carbocycles. The second kappa shape index (κ2) is 5.56. The van der Waals surface area contributed by atoms with Gasteiger partial charge >= 0.3 is 0 Å². The number of nitrogens with one attached hydrogen (secondary N) is 1. The molecule has 2 aromatic carbocycles. The molecule has 26 heavy (non-hydrogen) atoms. The zero-order valence-corrected chi connectivity index (χ0v) is 15.3. The predicted octanol–water partition coefficient (Wildman–Crippen LogP) is 4.57. The van der Waals surface area contributed by atoms with Gasteiger partial charge in [0.1, 0.15) is 17.1 Å². The first-order chi connectivity index (χ1) is 12.6. The molecule has 0 bridgehead atoms. The van der Waals surface area contributed by atoms with Crippen molar-refractivity contribution in [3.05, 3.63) is 57.2 Å². The van der Waals surface area contributed by atoms with Gasteiger partial charge in [0.2, 0.25) is 6.23 Å². The number of benzene rings is 2. The third-order valence-corrected chi connectivity index (χ3v) is 5.53. The lowest BCUT2D eigenvalue weighted by molar-refractivity contribution is 0.00207. The number of carbonyl (C=O) groups excluding carboxylic acids is 1. The third kappa shape index (κ3) is 2.14. The van der Waals surface area contributed by atoms with Crippen LogP contribution in [0.1, 0.15) is 27.8 Å². The molecule has 7 heteroatoms. The average molecular weight is 389 g/mol. The van der Waals surface area contributed by atoms with Crippen molar-refractivity contribution >= 4 is 40.0 Å². The van der Waals surface area contributed by atoms with E-state index in [9.17, 15) is 4.79 Å². The number of aromatic nitrogens is 1. The van der Waals surface area contributed by atoms with Gasteiger partial charge in [-0.2, -0.15) is 0 Å². The number of nitrogens with zero attached hydrogens (tertiary/aromatic N) is 1. The summed E-state index contributed by atoms with van der Waals surface area (Å²) in [6, 6.07) is 9.09. The van der Waals surface area contributed by atoms with E-state index < -0.39 is 6.23 Å². The summed E-state index contributed by atoms with van der Waals surface area (Å²) in [6.07, 6.45) is 0.209. The number of amides is 1. The highest BCUT2D eigenvalue weighted by Gasteiger charge is 2.41. The minimum absolute atomic E-state index is 0.139. The molecule has 0 spiro atoms. The van der Waals surface area contributed by atoms with Crippen molar-refractivity contribution < 1.29 is 14.3 Å². The average Bonchev–Trinajstić information content (AvgIpc) is 2.99. The van der Waals surface area contributed by atoms with Gasteiger partial charge in [0.25, 0.3) is 5.91 Å². The maximum absolute atomic E-state index is 13.0. The Kier molecular flexibility index (Phi) is 3.39. The highest BCUT2D eigenvalue weighted by atomic mass is 35.5. The first-order valence-electron chi connectivity index (χ1n) is 8.22. The van der Waals surface area contributed by atoms with Crippen molar-refractivity contribution in [2.24, 2.45) is 0 Å². The number of rotatable bonds is 1. The minimum atomic E-state index is -0.522. The third-order valence-electron chi connectivity index (χ3n) is 5.01. The first-order valence-corrected chi connectivity index (χ1v) is 8.97. The van der Waals surface area contributed by atoms with E-state index in [1.807, 2.05) is 18.2 Å². The fourth-order valence-electron chi connectivity index (χ4n) is 3.81. The standard InChI is InChI=1S/C19H14Cl2N2O3/c1-25-10-2-3-14-12(8-10)11-4-5-23-18(24)16-13(21)6-9(20)7-15(16)26-19(23)17(11)22-14/h2-3,6-8,19,22H,4-5H2,1H3. The molecule has 1 aromatic heterocycles. The summed E-state index contributed by atoms with van der Waals surface area (Å²) < 4.78 is 11.5. The summed E-state index contributed by atoms with van der Waals surface area (Å²) in [7, 11) is 1.65. The van der Waals surface area contributed by atoms with E-state index in [0.29, 0.717) is 27.9 Å². The molecule has 0 fully saturated rings. The summed E-state index contributed by atoms with van der Waals surface area (Å²) in [4.78, 5) is 18.1. The van der Waals surface area contributed by atoms with Crippen molar-refractivity contribution in [1.29, 1.82) is 0 Å². The van der Waals surface area contributed by atoms with Crippen LogP contribution in [0.2, 0.25) is 10.0 Å². The molecule has 1 N–H and O–H groups in total. The van der Waals surface area contributed by atoms with Gasteiger partial charge in [-0.3, -0.25) is 9.69 Å². The lowest BCUT2D eigenvalue weighted by Gasteiger charge is -2.39. The van der Waals surface area contributed by atoms with Crippen LogP contribution in [0.3, 0.4) is 0 Å². The molecule has 3 heterocycles. The first kappa shape index (κ1) is 15.9. The summed E-state index contributed by atoms with van der Waals surface area (Å²) in [5, 5.41) is 1.83.